The number of thiophene rings is 1. The summed E-state index contributed by atoms with van der Waals surface area (Å²) in [7, 11) is 0. The van der Waals surface area contributed by atoms with Crippen LogP contribution < -0.4 is 0 Å². The Morgan fingerprint density at radius 2 is 2.21 bits per heavy atom. The largest absolute Gasteiger partial charge is 0.472 e. The van der Waals surface area contributed by atoms with Gasteiger partial charge in [-0.25, -0.2) is 4.98 Å². The third-order valence-corrected chi connectivity index (χ3v) is 6.22. The van der Waals surface area contributed by atoms with Gasteiger partial charge in [-0.05, 0) is 30.4 Å². The van der Waals surface area contributed by atoms with Crippen molar-refractivity contribution in [1.82, 2.24) is 14.5 Å². The predicted octanol–water partition coefficient (Wildman–Crippen LogP) is 3.39. The number of amides is 1. The van der Waals surface area contributed by atoms with E-state index in [9.17, 15) is 4.79 Å². The predicted molar refractivity (Wildman–Crippen MR) is 91.1 cm³/mol. The maximum absolute atomic E-state index is 12.6. The van der Waals surface area contributed by atoms with Gasteiger partial charge >= 0.3 is 0 Å². The molecule has 122 valence electrons. The van der Waals surface area contributed by atoms with E-state index in [0.29, 0.717) is 5.56 Å². The van der Waals surface area contributed by atoms with Gasteiger partial charge in [-0.3, -0.25) is 4.79 Å². The summed E-state index contributed by atoms with van der Waals surface area (Å²) in [6.45, 7) is 2.51. The molecule has 5 rings (SSSR count). The summed E-state index contributed by atoms with van der Waals surface area (Å²) in [5, 5.41) is 2.10. The van der Waals surface area contributed by atoms with Gasteiger partial charge in [0.05, 0.1) is 28.6 Å². The van der Waals surface area contributed by atoms with Gasteiger partial charge in [-0.1, -0.05) is 6.07 Å². The Hall–Kier alpha value is -2.34. The minimum absolute atomic E-state index is 0.00883. The first-order valence-electron chi connectivity index (χ1n) is 8.18. The molecule has 1 atom stereocenters. The monoisotopic (exact) mass is 339 g/mol. The Labute approximate surface area is 143 Å². The van der Waals surface area contributed by atoms with Crippen molar-refractivity contribution in [2.24, 2.45) is 0 Å². The molecule has 3 aromatic heterocycles. The summed E-state index contributed by atoms with van der Waals surface area (Å²) in [6, 6.07) is 5.95. The fraction of sp³-hybridized carbons (Fsp3) is 0.333. The van der Waals surface area contributed by atoms with Crippen LogP contribution in [-0.4, -0.2) is 33.4 Å². The van der Waals surface area contributed by atoms with Crippen LogP contribution in [0.5, 0.6) is 0 Å². The third-order valence-electron chi connectivity index (χ3n) is 5.33. The van der Waals surface area contributed by atoms with Gasteiger partial charge in [0, 0.05) is 25.0 Å². The van der Waals surface area contributed by atoms with Gasteiger partial charge in [0.1, 0.15) is 12.1 Å². The number of carbonyl (C=O) groups is 1. The summed E-state index contributed by atoms with van der Waals surface area (Å²) in [5.74, 6) is 1.21. The van der Waals surface area contributed by atoms with Crippen molar-refractivity contribution in [3.05, 3.63) is 53.7 Å². The van der Waals surface area contributed by atoms with E-state index in [0.717, 1.165) is 38.3 Å². The number of likely N-dealkylation sites (tertiary alicyclic amines) is 1. The fourth-order valence-corrected chi connectivity index (χ4v) is 4.83. The number of carbonyl (C=O) groups excluding carboxylic acids is 1. The number of hydrogen-bond acceptors (Lipinski definition) is 4. The summed E-state index contributed by atoms with van der Waals surface area (Å²) in [5.41, 5.74) is 1.85. The van der Waals surface area contributed by atoms with E-state index in [1.165, 1.54) is 16.8 Å². The van der Waals surface area contributed by atoms with E-state index in [2.05, 4.69) is 22.1 Å². The maximum Gasteiger partial charge on any atom is 0.257 e. The van der Waals surface area contributed by atoms with Crippen LogP contribution in [0.25, 0.3) is 10.6 Å². The molecule has 2 aliphatic rings. The number of hydrogen-bond donors (Lipinski definition) is 0. The third kappa shape index (κ3) is 1.92. The summed E-state index contributed by atoms with van der Waals surface area (Å²) < 4.78 is 7.40. The molecular weight excluding hydrogens is 322 g/mol. The molecule has 0 aliphatic carbocycles. The molecule has 1 unspecified atom stereocenters. The zero-order valence-corrected chi connectivity index (χ0v) is 14.0. The highest BCUT2D eigenvalue weighted by Crippen LogP contribution is 2.44. The van der Waals surface area contributed by atoms with Crippen molar-refractivity contribution in [2.75, 3.05) is 13.1 Å². The Morgan fingerprint density at radius 3 is 3.00 bits per heavy atom. The SMILES string of the molecule is O=C(c1ccoc1)N1CCC2(CCn3c(-c4cccs4)cnc32)C1. The number of furan rings is 1. The van der Waals surface area contributed by atoms with Crippen LogP contribution in [0.4, 0.5) is 0 Å². The highest BCUT2D eigenvalue weighted by molar-refractivity contribution is 7.13. The Kier molecular flexibility index (Phi) is 2.97. The van der Waals surface area contributed by atoms with Gasteiger partial charge in [-0.15, -0.1) is 11.3 Å². The molecule has 1 saturated heterocycles. The second kappa shape index (κ2) is 5.08. The van der Waals surface area contributed by atoms with Crippen molar-refractivity contribution in [2.45, 2.75) is 24.8 Å². The smallest absolute Gasteiger partial charge is 0.257 e. The number of fused-ring (bicyclic) bond motifs is 2. The molecule has 5 heterocycles. The van der Waals surface area contributed by atoms with Crippen LogP contribution in [0, 0.1) is 0 Å². The standard InChI is InChI=1S/C18H17N3O2S/c22-16(13-3-8-23-11-13)20-6-4-18(12-20)5-7-21-14(10-19-17(18)21)15-2-1-9-24-15/h1-3,8-11H,4-7,12H2. The molecule has 0 aromatic carbocycles. The van der Waals surface area contributed by atoms with Crippen LogP contribution in [-0.2, 0) is 12.0 Å². The van der Waals surface area contributed by atoms with E-state index in [1.54, 1.807) is 23.7 Å². The molecule has 2 aliphatic heterocycles. The van der Waals surface area contributed by atoms with E-state index in [1.807, 2.05) is 11.1 Å². The summed E-state index contributed by atoms with van der Waals surface area (Å²) >= 11 is 1.75. The lowest BCUT2D eigenvalue weighted by atomic mass is 9.85. The molecule has 0 saturated carbocycles. The molecule has 24 heavy (non-hydrogen) atoms. The van der Waals surface area contributed by atoms with Crippen LogP contribution in [0.3, 0.4) is 0 Å². The van der Waals surface area contributed by atoms with Crippen LogP contribution in [0.15, 0.2) is 46.7 Å². The lowest BCUT2D eigenvalue weighted by molar-refractivity contribution is 0.0782. The summed E-state index contributed by atoms with van der Waals surface area (Å²) in [4.78, 5) is 20.6. The Bertz CT molecular complexity index is 882. The topological polar surface area (TPSA) is 51.3 Å². The van der Waals surface area contributed by atoms with Gasteiger partial charge in [-0.2, -0.15) is 0 Å². The van der Waals surface area contributed by atoms with Crippen molar-refractivity contribution in [3.8, 4) is 10.6 Å². The molecule has 3 aromatic rings. The zero-order chi connectivity index (χ0) is 16.1. The van der Waals surface area contributed by atoms with Crippen molar-refractivity contribution >= 4 is 17.2 Å². The van der Waals surface area contributed by atoms with Crippen LogP contribution in [0.2, 0.25) is 0 Å². The van der Waals surface area contributed by atoms with E-state index in [4.69, 9.17) is 9.40 Å². The molecule has 1 amide bonds. The number of aromatic nitrogens is 2. The fourth-order valence-electron chi connectivity index (χ4n) is 4.08. The number of rotatable bonds is 2. The second-order valence-electron chi connectivity index (χ2n) is 6.62. The van der Waals surface area contributed by atoms with Crippen LogP contribution in [0.1, 0.15) is 29.0 Å². The first-order chi connectivity index (χ1) is 11.8. The van der Waals surface area contributed by atoms with Gasteiger partial charge in [0.25, 0.3) is 5.91 Å². The molecule has 0 N–H and O–H groups in total. The molecule has 1 fully saturated rings. The van der Waals surface area contributed by atoms with Gasteiger partial charge in [0.2, 0.25) is 0 Å². The molecule has 5 nitrogen and oxygen atoms in total. The molecule has 1 spiro atoms. The minimum Gasteiger partial charge on any atom is -0.472 e. The quantitative estimate of drug-likeness (QED) is 0.719. The first-order valence-corrected chi connectivity index (χ1v) is 9.06. The first kappa shape index (κ1) is 14.0. The normalized spacial score (nSPS) is 22.4. The number of nitrogens with zero attached hydrogens (tertiary/aromatic N) is 3. The lowest BCUT2D eigenvalue weighted by Gasteiger charge is -2.22. The van der Waals surface area contributed by atoms with E-state index < -0.39 is 0 Å². The molecule has 0 radical (unpaired) electrons. The minimum atomic E-state index is 0.00883. The maximum atomic E-state index is 12.6. The van der Waals surface area contributed by atoms with E-state index >= 15 is 0 Å². The molecule has 0 bridgehead atoms. The molecule has 6 heteroatoms. The highest BCUT2D eigenvalue weighted by atomic mass is 32.1. The second-order valence-corrected chi connectivity index (χ2v) is 7.56. The van der Waals surface area contributed by atoms with Crippen LogP contribution >= 0.6 is 11.3 Å². The summed E-state index contributed by atoms with van der Waals surface area (Å²) in [6.07, 6.45) is 7.11. The van der Waals surface area contributed by atoms with Gasteiger partial charge in [0.15, 0.2) is 0 Å². The van der Waals surface area contributed by atoms with E-state index in [-0.39, 0.29) is 11.3 Å². The lowest BCUT2D eigenvalue weighted by Crippen LogP contribution is -2.33. The Balaban J connectivity index is 1.45. The molecular formula is C18H17N3O2S. The number of imidazole rings is 1. The zero-order valence-electron chi connectivity index (χ0n) is 13.1. The highest BCUT2D eigenvalue weighted by Gasteiger charge is 2.48. The average Bonchev–Trinajstić information content (AvgIpc) is 3.41. The van der Waals surface area contributed by atoms with Gasteiger partial charge < -0.3 is 13.9 Å². The van der Waals surface area contributed by atoms with Crippen molar-refractivity contribution < 1.29 is 9.21 Å². The van der Waals surface area contributed by atoms with Crippen molar-refractivity contribution in [3.63, 3.8) is 0 Å². The Morgan fingerprint density at radius 1 is 1.29 bits per heavy atom. The van der Waals surface area contributed by atoms with Crippen molar-refractivity contribution in [1.29, 1.82) is 0 Å². The average molecular weight is 339 g/mol.